The lowest BCUT2D eigenvalue weighted by molar-refractivity contribution is -0.340. The maximum Gasteiger partial charge on any atom is 0.303 e. The molecule has 7 heteroatoms. The Bertz CT molecular complexity index is 1080. The molecule has 5 atom stereocenters. The van der Waals surface area contributed by atoms with Crippen LogP contribution in [0.1, 0.15) is 23.6 Å². The topological polar surface area (TPSA) is 94.5 Å². The minimum atomic E-state index is -1.88. The Balaban J connectivity index is 1.59. The molecule has 4 rings (SSSR count). The van der Waals surface area contributed by atoms with E-state index in [1.807, 2.05) is 91.0 Å². The maximum atomic E-state index is 12.1. The number of carbonyl (C=O) groups excluding carboxylic acids is 1. The van der Waals surface area contributed by atoms with Crippen molar-refractivity contribution in [3.63, 3.8) is 0 Å². The van der Waals surface area contributed by atoms with Gasteiger partial charge in [0, 0.05) is 13.3 Å². The summed E-state index contributed by atoms with van der Waals surface area (Å²) in [6.45, 7) is 1.77. The van der Waals surface area contributed by atoms with Crippen LogP contribution in [0.25, 0.3) is 0 Å². The van der Waals surface area contributed by atoms with Crippen LogP contribution < -0.4 is 0 Å². The lowest BCUT2D eigenvalue weighted by Crippen LogP contribution is -2.69. The van der Waals surface area contributed by atoms with Crippen LogP contribution in [0.2, 0.25) is 0 Å². The van der Waals surface area contributed by atoms with Gasteiger partial charge in [-0.05, 0) is 16.7 Å². The average molecular weight is 493 g/mol. The van der Waals surface area contributed by atoms with Crippen molar-refractivity contribution < 1.29 is 34.0 Å². The zero-order chi connectivity index (χ0) is 25.4. The number of esters is 1. The van der Waals surface area contributed by atoms with E-state index in [1.54, 1.807) is 0 Å². The first-order valence-corrected chi connectivity index (χ1v) is 12.0. The molecule has 0 radical (unpaired) electrons. The normalized spacial score (nSPS) is 25.9. The largest absolute Gasteiger partial charge is 0.457 e. The first kappa shape index (κ1) is 26.0. The Morgan fingerprint density at radius 2 is 1.39 bits per heavy atom. The van der Waals surface area contributed by atoms with Crippen LogP contribution in [0.15, 0.2) is 91.0 Å². The number of aliphatic hydroxyl groups excluding tert-OH is 1. The maximum absolute atomic E-state index is 12.1. The molecule has 1 unspecified atom stereocenters. The van der Waals surface area contributed by atoms with Gasteiger partial charge in [0.25, 0.3) is 0 Å². The van der Waals surface area contributed by atoms with Crippen molar-refractivity contribution in [2.75, 3.05) is 6.61 Å². The van der Waals surface area contributed by atoms with Gasteiger partial charge in [0.1, 0.15) is 17.8 Å². The van der Waals surface area contributed by atoms with Crippen LogP contribution in [0.4, 0.5) is 0 Å². The number of ether oxygens (including phenoxy) is 4. The molecule has 0 bridgehead atoms. The zero-order valence-electron chi connectivity index (χ0n) is 20.2. The molecule has 1 heterocycles. The molecule has 1 aliphatic heterocycles. The number of rotatable bonds is 10. The number of benzene rings is 3. The van der Waals surface area contributed by atoms with E-state index in [-0.39, 0.29) is 19.6 Å². The van der Waals surface area contributed by atoms with Gasteiger partial charge in [0.2, 0.25) is 0 Å². The Hall–Kier alpha value is -3.07. The molecule has 0 saturated carbocycles. The minimum absolute atomic E-state index is 0.0243. The van der Waals surface area contributed by atoms with E-state index < -0.39 is 36.2 Å². The lowest BCUT2D eigenvalue weighted by Gasteiger charge is -2.49. The summed E-state index contributed by atoms with van der Waals surface area (Å²) < 4.78 is 23.5. The smallest absolute Gasteiger partial charge is 0.303 e. The summed E-state index contributed by atoms with van der Waals surface area (Å²) in [6.07, 6.45) is -4.53. The van der Waals surface area contributed by atoms with E-state index in [4.69, 9.17) is 18.9 Å². The van der Waals surface area contributed by atoms with Crippen LogP contribution in [0.3, 0.4) is 0 Å². The average Bonchev–Trinajstić information content (AvgIpc) is 2.88. The van der Waals surface area contributed by atoms with E-state index >= 15 is 0 Å². The fourth-order valence-corrected chi connectivity index (χ4v) is 4.42. The third kappa shape index (κ3) is 6.57. The van der Waals surface area contributed by atoms with Crippen molar-refractivity contribution >= 4 is 5.97 Å². The molecule has 0 amide bonds. The molecule has 1 saturated heterocycles. The van der Waals surface area contributed by atoms with Gasteiger partial charge in [-0.3, -0.25) is 4.79 Å². The number of carbonyl (C=O) groups is 1. The van der Waals surface area contributed by atoms with Gasteiger partial charge < -0.3 is 29.2 Å². The van der Waals surface area contributed by atoms with Crippen molar-refractivity contribution in [3.05, 3.63) is 108 Å². The monoisotopic (exact) mass is 492 g/mol. The van der Waals surface area contributed by atoms with Gasteiger partial charge in [-0.1, -0.05) is 91.0 Å². The molecule has 3 aromatic carbocycles. The van der Waals surface area contributed by atoms with Gasteiger partial charge in [-0.15, -0.1) is 0 Å². The van der Waals surface area contributed by atoms with E-state index in [1.165, 1.54) is 6.92 Å². The van der Waals surface area contributed by atoms with E-state index in [9.17, 15) is 15.0 Å². The quantitative estimate of drug-likeness (QED) is 0.419. The summed E-state index contributed by atoms with van der Waals surface area (Å²) >= 11 is 0. The highest BCUT2D eigenvalue weighted by atomic mass is 16.7. The van der Waals surface area contributed by atoms with Gasteiger partial charge in [0.15, 0.2) is 12.4 Å². The van der Waals surface area contributed by atoms with Crippen molar-refractivity contribution in [1.29, 1.82) is 0 Å². The highest BCUT2D eigenvalue weighted by molar-refractivity contribution is 5.66. The lowest BCUT2D eigenvalue weighted by atomic mass is 9.81. The summed E-state index contributed by atoms with van der Waals surface area (Å²) in [5.41, 5.74) is 0.734. The van der Waals surface area contributed by atoms with Gasteiger partial charge in [-0.25, -0.2) is 0 Å². The summed E-state index contributed by atoms with van der Waals surface area (Å²) in [7, 11) is 0. The summed E-state index contributed by atoms with van der Waals surface area (Å²) in [6, 6.07) is 28.3. The first-order valence-electron chi connectivity index (χ1n) is 12.0. The summed E-state index contributed by atoms with van der Waals surface area (Å²) in [5.74, 6) is -0.552. The third-order valence-corrected chi connectivity index (χ3v) is 6.19. The van der Waals surface area contributed by atoms with Gasteiger partial charge in [0.05, 0.1) is 19.8 Å². The highest BCUT2D eigenvalue weighted by Crippen LogP contribution is 2.36. The molecule has 0 spiro atoms. The number of hydrogen-bond donors (Lipinski definition) is 2. The number of hydrogen-bond acceptors (Lipinski definition) is 7. The summed E-state index contributed by atoms with van der Waals surface area (Å²) in [5, 5.41) is 22.9. The van der Waals surface area contributed by atoms with Crippen LogP contribution >= 0.6 is 0 Å². The fraction of sp³-hybridized carbons (Fsp3) is 0.345. The Labute approximate surface area is 211 Å². The summed E-state index contributed by atoms with van der Waals surface area (Å²) in [4.78, 5) is 12.1. The Morgan fingerprint density at radius 3 is 1.94 bits per heavy atom. The second-order valence-corrected chi connectivity index (χ2v) is 8.97. The van der Waals surface area contributed by atoms with Gasteiger partial charge in [-0.2, -0.15) is 0 Å². The SMILES string of the molecule is CC(=O)O[C@H]1[C@@H](COCc2ccccc2)OC(O)[C@@](O)(Cc2ccccc2)[C@H]1OCc1ccccc1. The molecule has 36 heavy (non-hydrogen) atoms. The number of aliphatic hydroxyl groups is 2. The van der Waals surface area contributed by atoms with Crippen LogP contribution in [0.5, 0.6) is 0 Å². The molecule has 0 aliphatic carbocycles. The predicted octanol–water partition coefficient (Wildman–Crippen LogP) is 3.41. The molecule has 3 aromatic rings. The van der Waals surface area contributed by atoms with E-state index in [0.29, 0.717) is 6.61 Å². The standard InChI is InChI=1S/C29H32O7/c1-21(30)35-26-25(20-33-18-23-13-7-3-8-14-23)36-28(31)29(32,17-22-11-5-2-6-12-22)27(26)34-19-24-15-9-4-10-16-24/h2-16,25-28,31-32H,17-20H2,1H3/t25-,26+,27+,28?,29-/m1/s1. The fourth-order valence-electron chi connectivity index (χ4n) is 4.42. The Morgan fingerprint density at radius 1 is 0.861 bits per heavy atom. The first-order chi connectivity index (χ1) is 17.5. The molecule has 1 aliphatic rings. The third-order valence-electron chi connectivity index (χ3n) is 6.19. The van der Waals surface area contributed by atoms with Crippen LogP contribution in [0, 0.1) is 0 Å². The van der Waals surface area contributed by atoms with Crippen LogP contribution in [-0.2, 0) is 43.4 Å². The predicted molar refractivity (Wildman–Crippen MR) is 133 cm³/mol. The van der Waals surface area contributed by atoms with E-state index in [0.717, 1.165) is 16.7 Å². The highest BCUT2D eigenvalue weighted by Gasteiger charge is 2.57. The van der Waals surface area contributed by atoms with Crippen molar-refractivity contribution in [3.8, 4) is 0 Å². The molecule has 7 nitrogen and oxygen atoms in total. The van der Waals surface area contributed by atoms with Crippen molar-refractivity contribution in [1.82, 2.24) is 0 Å². The second-order valence-electron chi connectivity index (χ2n) is 8.97. The van der Waals surface area contributed by atoms with Gasteiger partial charge >= 0.3 is 5.97 Å². The molecular formula is C29H32O7. The van der Waals surface area contributed by atoms with Crippen molar-refractivity contribution in [2.45, 2.75) is 56.8 Å². The zero-order valence-corrected chi connectivity index (χ0v) is 20.2. The van der Waals surface area contributed by atoms with Crippen LogP contribution in [-0.4, -0.2) is 53.0 Å². The van der Waals surface area contributed by atoms with Crippen molar-refractivity contribution in [2.24, 2.45) is 0 Å². The second kappa shape index (κ2) is 12.3. The molecule has 190 valence electrons. The van der Waals surface area contributed by atoms with E-state index in [2.05, 4.69) is 0 Å². The molecular weight excluding hydrogens is 460 g/mol. The minimum Gasteiger partial charge on any atom is -0.457 e. The molecule has 1 fully saturated rings. The molecule has 2 N–H and O–H groups in total. The Kier molecular flexibility index (Phi) is 8.85. The molecule has 0 aromatic heterocycles.